The molecule has 0 bridgehead atoms. The van der Waals surface area contributed by atoms with Crippen molar-refractivity contribution >= 4 is 5.96 Å². The van der Waals surface area contributed by atoms with Gasteiger partial charge in [-0.1, -0.05) is 12.2 Å². The van der Waals surface area contributed by atoms with Crippen LogP contribution in [-0.2, 0) is 15.9 Å². The van der Waals surface area contributed by atoms with E-state index in [9.17, 15) is 0 Å². The first kappa shape index (κ1) is 18.5. The molecule has 1 atom stereocenters. The van der Waals surface area contributed by atoms with Crippen LogP contribution in [0.4, 0.5) is 0 Å². The van der Waals surface area contributed by atoms with E-state index in [0.29, 0.717) is 6.54 Å². The molecule has 6 nitrogen and oxygen atoms in total. The van der Waals surface area contributed by atoms with Gasteiger partial charge in [-0.05, 0) is 31.9 Å². The maximum atomic E-state index is 5.76. The van der Waals surface area contributed by atoms with E-state index in [0.717, 1.165) is 69.5 Å². The van der Waals surface area contributed by atoms with Gasteiger partial charge in [-0.25, -0.2) is 4.99 Å². The van der Waals surface area contributed by atoms with Crippen LogP contribution in [0.2, 0.25) is 0 Å². The number of rotatable bonds is 10. The molecular formula is C18H29N3O3. The molecule has 2 heterocycles. The third-order valence-corrected chi connectivity index (χ3v) is 3.61. The van der Waals surface area contributed by atoms with E-state index in [1.807, 2.05) is 19.1 Å². The smallest absolute Gasteiger partial charge is 0.191 e. The Bertz CT molecular complexity index is 494. The molecule has 0 amide bonds. The van der Waals surface area contributed by atoms with Crippen molar-refractivity contribution < 1.29 is 13.9 Å². The molecule has 0 radical (unpaired) electrons. The molecule has 1 aliphatic heterocycles. The molecule has 2 N–H and O–H groups in total. The van der Waals surface area contributed by atoms with E-state index in [1.165, 1.54) is 0 Å². The number of ether oxygens (including phenoxy) is 2. The summed E-state index contributed by atoms with van der Waals surface area (Å²) >= 11 is 0. The molecular weight excluding hydrogens is 306 g/mol. The van der Waals surface area contributed by atoms with Gasteiger partial charge in [0.05, 0.1) is 25.5 Å². The fourth-order valence-corrected chi connectivity index (χ4v) is 2.32. The first-order chi connectivity index (χ1) is 11.7. The number of nitrogens with zero attached hydrogens (tertiary/aromatic N) is 1. The first-order valence-electron chi connectivity index (χ1n) is 8.62. The summed E-state index contributed by atoms with van der Waals surface area (Å²) in [5, 5.41) is 6.66. The fraction of sp³-hybridized carbons (Fsp3) is 0.611. The number of guanidine groups is 1. The van der Waals surface area contributed by atoms with Crippen molar-refractivity contribution in [3.63, 3.8) is 0 Å². The average molecular weight is 335 g/mol. The van der Waals surface area contributed by atoms with Crippen molar-refractivity contribution in [3.8, 4) is 0 Å². The second-order valence-corrected chi connectivity index (χ2v) is 6.01. The second-order valence-electron chi connectivity index (χ2n) is 6.01. The summed E-state index contributed by atoms with van der Waals surface area (Å²) in [6, 6.07) is 3.88. The summed E-state index contributed by atoms with van der Waals surface area (Å²) in [4.78, 5) is 4.52. The largest absolute Gasteiger partial charge is 0.469 e. The third-order valence-electron chi connectivity index (χ3n) is 3.61. The Hall–Kier alpha value is -1.79. The van der Waals surface area contributed by atoms with Crippen molar-refractivity contribution in [3.05, 3.63) is 36.3 Å². The van der Waals surface area contributed by atoms with Crippen LogP contribution in [0.3, 0.4) is 0 Å². The van der Waals surface area contributed by atoms with Crippen LogP contribution < -0.4 is 10.6 Å². The molecule has 0 aromatic carbocycles. The second kappa shape index (κ2) is 10.9. The van der Waals surface area contributed by atoms with E-state index in [4.69, 9.17) is 13.9 Å². The van der Waals surface area contributed by atoms with Crippen molar-refractivity contribution in [1.29, 1.82) is 0 Å². The average Bonchev–Trinajstić information content (AvgIpc) is 3.25. The molecule has 0 aliphatic carbocycles. The molecule has 2 rings (SSSR count). The van der Waals surface area contributed by atoms with Gasteiger partial charge < -0.3 is 24.5 Å². The lowest BCUT2D eigenvalue weighted by atomic mass is 10.3. The number of nitrogens with one attached hydrogen (secondary N) is 2. The van der Waals surface area contributed by atoms with Gasteiger partial charge in [-0.15, -0.1) is 0 Å². The molecule has 24 heavy (non-hydrogen) atoms. The topological polar surface area (TPSA) is 68.0 Å². The Labute approximate surface area is 144 Å². The SMILES string of the molecule is C=C(C)CN=C(NCCCOC1CCOC1)NCCc1ccco1. The molecule has 1 aromatic heterocycles. The molecule has 1 unspecified atom stereocenters. The highest BCUT2D eigenvalue weighted by Crippen LogP contribution is 2.07. The summed E-state index contributed by atoms with van der Waals surface area (Å²) < 4.78 is 16.4. The summed E-state index contributed by atoms with van der Waals surface area (Å²) in [7, 11) is 0. The maximum Gasteiger partial charge on any atom is 0.191 e. The van der Waals surface area contributed by atoms with Crippen LogP contribution in [0.25, 0.3) is 0 Å². The van der Waals surface area contributed by atoms with Crippen molar-refractivity contribution in [2.75, 3.05) is 39.5 Å². The minimum Gasteiger partial charge on any atom is -0.469 e. The summed E-state index contributed by atoms with van der Waals surface area (Å²) in [6.45, 7) is 10.4. The predicted molar refractivity (Wildman–Crippen MR) is 95.3 cm³/mol. The minimum absolute atomic E-state index is 0.271. The van der Waals surface area contributed by atoms with E-state index in [1.54, 1.807) is 6.26 Å². The quantitative estimate of drug-likeness (QED) is 0.297. The zero-order valence-corrected chi connectivity index (χ0v) is 14.6. The highest BCUT2D eigenvalue weighted by Gasteiger charge is 2.15. The third kappa shape index (κ3) is 7.66. The zero-order chi connectivity index (χ0) is 17.0. The van der Waals surface area contributed by atoms with Crippen LogP contribution in [0, 0.1) is 0 Å². The van der Waals surface area contributed by atoms with Gasteiger partial charge in [-0.3, -0.25) is 0 Å². The summed E-state index contributed by atoms with van der Waals surface area (Å²) in [5.41, 5.74) is 1.03. The van der Waals surface area contributed by atoms with Crippen LogP contribution in [0.5, 0.6) is 0 Å². The standard InChI is InChI=1S/C18H29N3O3/c1-15(2)13-21-18(20-9-6-16-5-3-10-23-16)19-8-4-11-24-17-7-12-22-14-17/h3,5,10,17H,1,4,6-9,11-14H2,2H3,(H2,19,20,21). The van der Waals surface area contributed by atoms with Crippen molar-refractivity contribution in [1.82, 2.24) is 10.6 Å². The number of hydrogen-bond donors (Lipinski definition) is 2. The predicted octanol–water partition coefficient (Wildman–Crippen LogP) is 2.13. The Kier molecular flexibility index (Phi) is 8.41. The maximum absolute atomic E-state index is 5.76. The molecule has 1 fully saturated rings. The molecule has 1 saturated heterocycles. The van der Waals surface area contributed by atoms with Crippen LogP contribution in [0.15, 0.2) is 40.0 Å². The van der Waals surface area contributed by atoms with Gasteiger partial charge in [0.25, 0.3) is 0 Å². The Morgan fingerprint density at radius 1 is 1.42 bits per heavy atom. The number of aliphatic imine (C=N–C) groups is 1. The van der Waals surface area contributed by atoms with Crippen molar-refractivity contribution in [2.45, 2.75) is 32.3 Å². The zero-order valence-electron chi connectivity index (χ0n) is 14.6. The molecule has 134 valence electrons. The highest BCUT2D eigenvalue weighted by atomic mass is 16.5. The van der Waals surface area contributed by atoms with Crippen LogP contribution in [0.1, 0.15) is 25.5 Å². The molecule has 6 heteroatoms. The van der Waals surface area contributed by atoms with Crippen LogP contribution >= 0.6 is 0 Å². The molecule has 0 saturated carbocycles. The van der Waals surface area contributed by atoms with E-state index < -0.39 is 0 Å². The van der Waals surface area contributed by atoms with E-state index >= 15 is 0 Å². The van der Waals surface area contributed by atoms with Gasteiger partial charge in [0.15, 0.2) is 5.96 Å². The summed E-state index contributed by atoms with van der Waals surface area (Å²) in [5.74, 6) is 1.77. The van der Waals surface area contributed by atoms with Gasteiger partial charge in [0.1, 0.15) is 5.76 Å². The van der Waals surface area contributed by atoms with Gasteiger partial charge >= 0.3 is 0 Å². The molecule has 1 aliphatic rings. The van der Waals surface area contributed by atoms with Gasteiger partial charge in [0.2, 0.25) is 0 Å². The lowest BCUT2D eigenvalue weighted by molar-refractivity contribution is 0.0420. The highest BCUT2D eigenvalue weighted by molar-refractivity contribution is 5.79. The van der Waals surface area contributed by atoms with Gasteiger partial charge in [0, 0.05) is 32.7 Å². The lowest BCUT2D eigenvalue weighted by Crippen LogP contribution is -2.39. The Morgan fingerprint density at radius 2 is 2.29 bits per heavy atom. The van der Waals surface area contributed by atoms with Gasteiger partial charge in [-0.2, -0.15) is 0 Å². The number of furan rings is 1. The van der Waals surface area contributed by atoms with E-state index in [-0.39, 0.29) is 6.10 Å². The monoisotopic (exact) mass is 335 g/mol. The first-order valence-corrected chi connectivity index (χ1v) is 8.62. The lowest BCUT2D eigenvalue weighted by Gasteiger charge is -2.13. The molecule has 0 spiro atoms. The minimum atomic E-state index is 0.271. The Balaban J connectivity index is 1.63. The number of hydrogen-bond acceptors (Lipinski definition) is 4. The Morgan fingerprint density at radius 3 is 3.00 bits per heavy atom. The fourth-order valence-electron chi connectivity index (χ4n) is 2.32. The van der Waals surface area contributed by atoms with Crippen molar-refractivity contribution in [2.24, 2.45) is 4.99 Å². The summed E-state index contributed by atoms with van der Waals surface area (Å²) in [6.07, 6.45) is 4.73. The van der Waals surface area contributed by atoms with E-state index in [2.05, 4.69) is 22.2 Å². The van der Waals surface area contributed by atoms with Crippen LogP contribution in [-0.4, -0.2) is 51.5 Å². The normalized spacial score (nSPS) is 17.9. The molecule has 1 aromatic rings.